The molecule has 1 heterocycles. The van der Waals surface area contributed by atoms with Crippen molar-refractivity contribution in [1.29, 1.82) is 0 Å². The lowest BCUT2D eigenvalue weighted by molar-refractivity contribution is -0.118. The van der Waals surface area contributed by atoms with Crippen molar-refractivity contribution in [3.63, 3.8) is 0 Å². The summed E-state index contributed by atoms with van der Waals surface area (Å²) in [5, 5.41) is 8.19. The molecule has 1 aliphatic heterocycles. The Hall–Kier alpha value is -3.51. The number of nitrogens with zero attached hydrogens (tertiary/aromatic N) is 1. The third kappa shape index (κ3) is 5.59. The summed E-state index contributed by atoms with van der Waals surface area (Å²) in [5.74, 6) is 2.78. The molecule has 0 aromatic heterocycles. The van der Waals surface area contributed by atoms with E-state index in [9.17, 15) is 4.79 Å². The number of hydrogen-bond donors (Lipinski definition) is 2. The largest absolute Gasteiger partial charge is 0.497 e. The summed E-state index contributed by atoms with van der Waals surface area (Å²) in [7, 11) is 1.70. The average molecular weight is 512 g/mol. The number of aryl methyl sites for hydroxylation is 1. The topological polar surface area (TPSA) is 62.7 Å². The smallest absolute Gasteiger partial charge is 0.250 e. The molecule has 1 amide bonds. The number of carbonyl (C=O) groups excluding carboxylic acids is 1. The highest BCUT2D eigenvalue weighted by atomic mass is 32.2. The van der Waals surface area contributed by atoms with Crippen LogP contribution in [0.15, 0.2) is 84.0 Å². The van der Waals surface area contributed by atoms with Crippen LogP contribution in [-0.4, -0.2) is 24.5 Å². The number of thioether (sulfide) groups is 1. The highest BCUT2D eigenvalue weighted by molar-refractivity contribution is 7.99. The number of methoxy groups -OCH3 is 1. The molecule has 0 unspecified atom stereocenters. The number of ether oxygens (including phenoxy) is 1. The van der Waals surface area contributed by atoms with Crippen LogP contribution in [0.25, 0.3) is 0 Å². The minimum Gasteiger partial charge on any atom is -0.497 e. The van der Waals surface area contributed by atoms with Crippen molar-refractivity contribution in [3.05, 3.63) is 107 Å². The van der Waals surface area contributed by atoms with Crippen molar-refractivity contribution < 1.29 is 9.53 Å². The standard InChI is InChI=1S/C31H33N3O2S/c1-20-7-4-5-8-24(20)18-37-19-30(35)34-33-21(2)23-13-16-29-28(17-23)26-9-6-10-27(26)31(32-29)22-11-14-25(36-3)15-12-22/h4-9,11-17,26-27,31-32H,10,18-19H2,1-3H3,(H,34,35)/b33-21-/t26-,27+,31+/m1/s1. The van der Waals surface area contributed by atoms with E-state index < -0.39 is 0 Å². The second-order valence-corrected chi connectivity index (χ2v) is 10.7. The fourth-order valence-electron chi connectivity index (χ4n) is 5.23. The van der Waals surface area contributed by atoms with Crippen molar-refractivity contribution in [2.75, 3.05) is 18.2 Å². The highest BCUT2D eigenvalue weighted by Gasteiger charge is 2.38. The number of nitrogens with one attached hydrogen (secondary N) is 2. The SMILES string of the molecule is COc1ccc([C@@H]2Nc3ccc(/C(C)=N\NC(=O)CSCc4ccccc4C)cc3[C@@H]3C=CC[C@@H]32)cc1. The monoisotopic (exact) mass is 511 g/mol. The minimum atomic E-state index is -0.0846. The zero-order valence-electron chi connectivity index (χ0n) is 21.5. The summed E-state index contributed by atoms with van der Waals surface area (Å²) in [6, 6.07) is 23.3. The van der Waals surface area contributed by atoms with Gasteiger partial charge in [-0.3, -0.25) is 4.79 Å². The highest BCUT2D eigenvalue weighted by Crippen LogP contribution is 2.50. The van der Waals surface area contributed by atoms with Crippen LogP contribution in [0, 0.1) is 12.8 Å². The molecule has 5 rings (SSSR count). The van der Waals surface area contributed by atoms with E-state index in [-0.39, 0.29) is 11.9 Å². The maximum Gasteiger partial charge on any atom is 0.250 e. The van der Waals surface area contributed by atoms with Crippen molar-refractivity contribution in [2.45, 2.75) is 38.0 Å². The number of anilines is 1. The van der Waals surface area contributed by atoms with E-state index in [1.165, 1.54) is 22.3 Å². The number of carbonyl (C=O) groups is 1. The van der Waals surface area contributed by atoms with E-state index in [2.05, 4.69) is 77.4 Å². The molecule has 0 spiro atoms. The van der Waals surface area contributed by atoms with E-state index >= 15 is 0 Å². The lowest BCUT2D eigenvalue weighted by Gasteiger charge is -2.37. The molecule has 1 aliphatic carbocycles. The van der Waals surface area contributed by atoms with E-state index in [0.717, 1.165) is 34.9 Å². The fourth-order valence-corrected chi connectivity index (χ4v) is 6.13. The maximum atomic E-state index is 12.4. The van der Waals surface area contributed by atoms with Gasteiger partial charge in [0.25, 0.3) is 0 Å². The second kappa shape index (κ2) is 11.3. The van der Waals surface area contributed by atoms with Crippen LogP contribution in [0.1, 0.15) is 53.1 Å². The maximum absolute atomic E-state index is 12.4. The third-order valence-corrected chi connectivity index (χ3v) is 8.34. The van der Waals surface area contributed by atoms with Gasteiger partial charge >= 0.3 is 0 Å². The molecule has 3 aromatic carbocycles. The lowest BCUT2D eigenvalue weighted by atomic mass is 9.76. The van der Waals surface area contributed by atoms with E-state index in [1.54, 1.807) is 18.9 Å². The van der Waals surface area contributed by atoms with Crippen LogP contribution >= 0.6 is 11.8 Å². The molecule has 0 radical (unpaired) electrons. The predicted molar refractivity (Wildman–Crippen MR) is 153 cm³/mol. The Morgan fingerprint density at radius 3 is 2.73 bits per heavy atom. The molecular formula is C31H33N3O2S. The number of rotatable bonds is 8. The first-order chi connectivity index (χ1) is 18.0. The molecule has 37 heavy (non-hydrogen) atoms. The summed E-state index contributed by atoms with van der Waals surface area (Å²) in [5.41, 5.74) is 10.8. The molecule has 0 saturated carbocycles. The van der Waals surface area contributed by atoms with Crippen LogP contribution in [0.4, 0.5) is 5.69 Å². The summed E-state index contributed by atoms with van der Waals surface area (Å²) in [6.45, 7) is 4.04. The zero-order chi connectivity index (χ0) is 25.8. The molecule has 0 saturated heterocycles. The number of hydrazone groups is 1. The van der Waals surface area contributed by atoms with Crippen molar-refractivity contribution >= 4 is 29.1 Å². The molecule has 3 aromatic rings. The first kappa shape index (κ1) is 25.2. The number of allylic oxidation sites excluding steroid dienone is 2. The number of amides is 1. The third-order valence-electron chi connectivity index (χ3n) is 7.36. The summed E-state index contributed by atoms with van der Waals surface area (Å²) < 4.78 is 5.34. The van der Waals surface area contributed by atoms with Gasteiger partial charge in [0.1, 0.15) is 5.75 Å². The Morgan fingerprint density at radius 1 is 1.14 bits per heavy atom. The van der Waals surface area contributed by atoms with Gasteiger partial charge in [-0.2, -0.15) is 5.10 Å². The van der Waals surface area contributed by atoms with Crippen LogP contribution < -0.4 is 15.5 Å². The molecular weight excluding hydrogens is 478 g/mol. The first-order valence-corrected chi connectivity index (χ1v) is 13.9. The van der Waals surface area contributed by atoms with Crippen LogP contribution in [0.2, 0.25) is 0 Å². The van der Waals surface area contributed by atoms with Gasteiger partial charge in [-0.25, -0.2) is 5.43 Å². The normalized spacial score (nSPS) is 20.1. The Bertz CT molecular complexity index is 1330. The molecule has 2 N–H and O–H groups in total. The van der Waals surface area contributed by atoms with E-state index in [1.807, 2.05) is 31.2 Å². The van der Waals surface area contributed by atoms with Crippen molar-refractivity contribution in [1.82, 2.24) is 5.43 Å². The summed E-state index contributed by atoms with van der Waals surface area (Å²) in [4.78, 5) is 12.4. The van der Waals surface area contributed by atoms with Crippen LogP contribution in [0.5, 0.6) is 5.75 Å². The molecule has 6 heteroatoms. The number of benzene rings is 3. The molecule has 0 bridgehead atoms. The molecule has 3 atom stereocenters. The van der Waals surface area contributed by atoms with E-state index in [4.69, 9.17) is 4.74 Å². The van der Waals surface area contributed by atoms with Gasteiger partial charge in [0, 0.05) is 17.4 Å². The lowest BCUT2D eigenvalue weighted by Crippen LogP contribution is -2.29. The number of hydrogen-bond acceptors (Lipinski definition) is 5. The van der Waals surface area contributed by atoms with Gasteiger partial charge in [-0.15, -0.1) is 11.8 Å². The summed E-state index contributed by atoms with van der Waals surface area (Å²) in [6.07, 6.45) is 5.68. The Balaban J connectivity index is 1.24. The number of fused-ring (bicyclic) bond motifs is 3. The van der Waals surface area contributed by atoms with Gasteiger partial charge in [0.2, 0.25) is 5.91 Å². The Kier molecular flexibility index (Phi) is 7.65. The average Bonchev–Trinajstić information content (AvgIpc) is 3.43. The quantitative estimate of drug-likeness (QED) is 0.203. The molecule has 5 nitrogen and oxygen atoms in total. The Labute approximate surface area is 223 Å². The van der Waals surface area contributed by atoms with Crippen LogP contribution in [-0.2, 0) is 10.5 Å². The summed E-state index contributed by atoms with van der Waals surface area (Å²) >= 11 is 1.60. The van der Waals surface area contributed by atoms with Gasteiger partial charge < -0.3 is 10.1 Å². The molecule has 190 valence electrons. The fraction of sp³-hybridized carbons (Fsp3) is 0.290. The second-order valence-electron chi connectivity index (χ2n) is 9.70. The van der Waals surface area contributed by atoms with Crippen molar-refractivity contribution in [2.24, 2.45) is 11.0 Å². The van der Waals surface area contributed by atoms with Crippen LogP contribution in [0.3, 0.4) is 0 Å². The van der Waals surface area contributed by atoms with Gasteiger partial charge in [0.15, 0.2) is 0 Å². The van der Waals surface area contributed by atoms with Crippen molar-refractivity contribution in [3.8, 4) is 5.75 Å². The molecule has 2 aliphatic rings. The Morgan fingerprint density at radius 2 is 1.95 bits per heavy atom. The minimum absolute atomic E-state index is 0.0846. The van der Waals surface area contributed by atoms with E-state index in [0.29, 0.717) is 17.6 Å². The molecule has 0 fully saturated rings. The van der Waals surface area contributed by atoms with Gasteiger partial charge in [-0.1, -0.05) is 54.6 Å². The zero-order valence-corrected chi connectivity index (χ0v) is 22.3. The van der Waals surface area contributed by atoms with Gasteiger partial charge in [0.05, 0.1) is 24.6 Å². The van der Waals surface area contributed by atoms with Gasteiger partial charge in [-0.05, 0) is 78.3 Å². The predicted octanol–water partition coefficient (Wildman–Crippen LogP) is 6.60. The first-order valence-electron chi connectivity index (χ1n) is 12.7.